The molecule has 0 radical (unpaired) electrons. The molecular formula is C13H15NO. The lowest BCUT2D eigenvalue weighted by Gasteiger charge is -2.11. The van der Waals surface area contributed by atoms with Crippen LogP contribution in [0.1, 0.15) is 31.2 Å². The number of nitrogens with zero attached hydrogens (tertiary/aromatic N) is 1. The molecule has 0 amide bonds. The van der Waals surface area contributed by atoms with E-state index in [2.05, 4.69) is 4.99 Å². The number of carbonyl (C=O) groups is 1. The van der Waals surface area contributed by atoms with Crippen molar-refractivity contribution in [2.75, 3.05) is 0 Å². The smallest absolute Gasteiger partial charge is 0.176 e. The Morgan fingerprint density at radius 2 is 1.80 bits per heavy atom. The summed E-state index contributed by atoms with van der Waals surface area (Å²) >= 11 is 0. The summed E-state index contributed by atoms with van der Waals surface area (Å²) in [6, 6.07) is 10.1. The molecule has 0 atom stereocenters. The standard InChI is InChI=1S/C13H15NO/c15-13-9-5-4-8-12(13)14-10-11-6-2-1-3-7-11/h1-3,6-7H,4-5,8-10H2. The quantitative estimate of drug-likeness (QED) is 0.723. The summed E-state index contributed by atoms with van der Waals surface area (Å²) in [6.07, 6.45) is 3.70. The SMILES string of the molecule is O=C1CCCCC1=NCc1ccccc1. The van der Waals surface area contributed by atoms with Gasteiger partial charge in [-0.05, 0) is 24.8 Å². The van der Waals surface area contributed by atoms with Gasteiger partial charge in [-0.2, -0.15) is 0 Å². The minimum absolute atomic E-state index is 0.247. The molecule has 0 spiro atoms. The lowest BCUT2D eigenvalue weighted by Crippen LogP contribution is -2.18. The van der Waals surface area contributed by atoms with Crippen molar-refractivity contribution in [2.45, 2.75) is 32.2 Å². The van der Waals surface area contributed by atoms with Crippen LogP contribution in [-0.2, 0) is 11.3 Å². The normalized spacial score (nSPS) is 19.5. The topological polar surface area (TPSA) is 29.4 Å². The fraction of sp³-hybridized carbons (Fsp3) is 0.385. The van der Waals surface area contributed by atoms with Crippen molar-refractivity contribution < 1.29 is 4.79 Å². The zero-order valence-electron chi connectivity index (χ0n) is 8.78. The van der Waals surface area contributed by atoms with Gasteiger partial charge < -0.3 is 0 Å². The molecule has 1 fully saturated rings. The monoisotopic (exact) mass is 201 g/mol. The Balaban J connectivity index is 2.01. The van der Waals surface area contributed by atoms with E-state index in [1.807, 2.05) is 30.3 Å². The van der Waals surface area contributed by atoms with Gasteiger partial charge in [0.05, 0.1) is 12.3 Å². The Morgan fingerprint density at radius 3 is 2.53 bits per heavy atom. The average Bonchev–Trinajstić information content (AvgIpc) is 2.29. The molecule has 1 aliphatic rings. The molecule has 2 rings (SSSR count). The zero-order chi connectivity index (χ0) is 10.5. The van der Waals surface area contributed by atoms with Gasteiger partial charge in [-0.15, -0.1) is 0 Å². The first-order valence-electron chi connectivity index (χ1n) is 5.47. The Kier molecular flexibility index (Phi) is 3.28. The molecule has 15 heavy (non-hydrogen) atoms. The van der Waals surface area contributed by atoms with Crippen LogP contribution in [-0.4, -0.2) is 11.5 Å². The third-order valence-corrected chi connectivity index (χ3v) is 2.68. The fourth-order valence-corrected chi connectivity index (χ4v) is 1.80. The van der Waals surface area contributed by atoms with Crippen molar-refractivity contribution in [2.24, 2.45) is 4.99 Å². The maximum atomic E-state index is 11.5. The van der Waals surface area contributed by atoms with Gasteiger partial charge in [0.2, 0.25) is 0 Å². The number of hydrogen-bond donors (Lipinski definition) is 0. The van der Waals surface area contributed by atoms with Gasteiger partial charge in [0, 0.05) is 6.42 Å². The molecule has 0 aliphatic heterocycles. The van der Waals surface area contributed by atoms with E-state index in [9.17, 15) is 4.79 Å². The highest BCUT2D eigenvalue weighted by Crippen LogP contribution is 2.13. The van der Waals surface area contributed by atoms with Gasteiger partial charge in [0.15, 0.2) is 5.78 Å². The van der Waals surface area contributed by atoms with Crippen LogP contribution in [0.15, 0.2) is 35.3 Å². The summed E-state index contributed by atoms with van der Waals surface area (Å²) in [5, 5.41) is 0. The van der Waals surface area contributed by atoms with Crippen LogP contribution in [0, 0.1) is 0 Å². The summed E-state index contributed by atoms with van der Waals surface area (Å²) in [5.41, 5.74) is 1.97. The molecule has 1 aliphatic carbocycles. The van der Waals surface area contributed by atoms with Crippen LogP contribution < -0.4 is 0 Å². The van der Waals surface area contributed by atoms with Gasteiger partial charge in [0.1, 0.15) is 0 Å². The molecule has 78 valence electrons. The van der Waals surface area contributed by atoms with Crippen molar-refractivity contribution in [3.63, 3.8) is 0 Å². The van der Waals surface area contributed by atoms with Gasteiger partial charge in [-0.1, -0.05) is 30.3 Å². The highest BCUT2D eigenvalue weighted by atomic mass is 16.1. The third kappa shape index (κ3) is 2.75. The maximum absolute atomic E-state index is 11.5. The van der Waals surface area contributed by atoms with Crippen LogP contribution in [0.4, 0.5) is 0 Å². The predicted molar refractivity (Wildman–Crippen MR) is 61.1 cm³/mol. The molecule has 0 unspecified atom stereocenters. The van der Waals surface area contributed by atoms with E-state index in [-0.39, 0.29) is 5.78 Å². The third-order valence-electron chi connectivity index (χ3n) is 2.68. The molecule has 2 heteroatoms. The highest BCUT2D eigenvalue weighted by Gasteiger charge is 2.15. The largest absolute Gasteiger partial charge is 0.293 e. The average molecular weight is 201 g/mol. The Bertz CT molecular complexity index is 367. The Labute approximate surface area is 90.0 Å². The second-order valence-electron chi connectivity index (χ2n) is 3.88. The molecule has 0 N–H and O–H groups in total. The van der Waals surface area contributed by atoms with Crippen LogP contribution in [0.25, 0.3) is 0 Å². The summed E-state index contributed by atoms with van der Waals surface area (Å²) in [5.74, 6) is 0.247. The number of rotatable bonds is 2. The van der Waals surface area contributed by atoms with Crippen molar-refractivity contribution in [1.29, 1.82) is 0 Å². The summed E-state index contributed by atoms with van der Waals surface area (Å²) in [7, 11) is 0. The van der Waals surface area contributed by atoms with E-state index in [1.165, 1.54) is 5.56 Å². The number of carbonyl (C=O) groups excluding carboxylic acids is 1. The van der Waals surface area contributed by atoms with Crippen molar-refractivity contribution >= 4 is 11.5 Å². The second-order valence-corrected chi connectivity index (χ2v) is 3.88. The van der Waals surface area contributed by atoms with E-state index in [0.717, 1.165) is 25.0 Å². The number of aliphatic imine (C=N–C) groups is 1. The fourth-order valence-electron chi connectivity index (χ4n) is 1.80. The molecule has 1 aromatic carbocycles. The van der Waals surface area contributed by atoms with E-state index < -0.39 is 0 Å². The summed E-state index contributed by atoms with van der Waals surface area (Å²) < 4.78 is 0. The van der Waals surface area contributed by atoms with Crippen molar-refractivity contribution in [3.05, 3.63) is 35.9 Å². The van der Waals surface area contributed by atoms with Gasteiger partial charge in [-0.3, -0.25) is 9.79 Å². The first-order chi connectivity index (χ1) is 7.36. The molecule has 1 saturated carbocycles. The zero-order valence-corrected chi connectivity index (χ0v) is 8.78. The number of benzene rings is 1. The Morgan fingerprint density at radius 1 is 1.07 bits per heavy atom. The summed E-state index contributed by atoms with van der Waals surface area (Å²) in [4.78, 5) is 15.9. The first-order valence-corrected chi connectivity index (χ1v) is 5.47. The first kappa shape index (κ1) is 10.1. The molecule has 0 saturated heterocycles. The minimum Gasteiger partial charge on any atom is -0.293 e. The van der Waals surface area contributed by atoms with Crippen LogP contribution >= 0.6 is 0 Å². The number of ketones is 1. The molecular weight excluding hydrogens is 186 g/mol. The minimum atomic E-state index is 0.247. The molecule has 0 aromatic heterocycles. The number of hydrogen-bond acceptors (Lipinski definition) is 2. The van der Waals surface area contributed by atoms with E-state index in [4.69, 9.17) is 0 Å². The van der Waals surface area contributed by atoms with Gasteiger partial charge in [0.25, 0.3) is 0 Å². The highest BCUT2D eigenvalue weighted by molar-refractivity contribution is 6.40. The Hall–Kier alpha value is -1.44. The van der Waals surface area contributed by atoms with Crippen LogP contribution in [0.5, 0.6) is 0 Å². The van der Waals surface area contributed by atoms with Gasteiger partial charge in [-0.25, -0.2) is 0 Å². The van der Waals surface area contributed by atoms with Gasteiger partial charge >= 0.3 is 0 Å². The summed E-state index contributed by atoms with van der Waals surface area (Å²) in [6.45, 7) is 0.641. The maximum Gasteiger partial charge on any atom is 0.176 e. The van der Waals surface area contributed by atoms with Crippen LogP contribution in [0.2, 0.25) is 0 Å². The second kappa shape index (κ2) is 4.87. The van der Waals surface area contributed by atoms with E-state index in [1.54, 1.807) is 0 Å². The lowest BCUT2D eigenvalue weighted by molar-refractivity contribution is -0.113. The van der Waals surface area contributed by atoms with Crippen molar-refractivity contribution in [1.82, 2.24) is 0 Å². The van der Waals surface area contributed by atoms with Crippen LogP contribution in [0.3, 0.4) is 0 Å². The molecule has 0 bridgehead atoms. The molecule has 2 nitrogen and oxygen atoms in total. The molecule has 0 heterocycles. The molecule has 1 aromatic rings. The predicted octanol–water partition coefficient (Wildman–Crippen LogP) is 2.77. The lowest BCUT2D eigenvalue weighted by atomic mass is 9.97. The van der Waals surface area contributed by atoms with E-state index in [0.29, 0.717) is 13.0 Å². The van der Waals surface area contributed by atoms with Crippen molar-refractivity contribution in [3.8, 4) is 0 Å². The number of Topliss-reactive ketones (excluding diaryl/α,β-unsaturated/α-hetero) is 1. The van der Waals surface area contributed by atoms with E-state index >= 15 is 0 Å².